The first-order valence-electron chi connectivity index (χ1n) is 6.11. The van der Waals surface area contributed by atoms with Gasteiger partial charge in [-0.15, -0.1) is 0 Å². The Morgan fingerprint density at radius 1 is 1.44 bits per heavy atom. The van der Waals surface area contributed by atoms with Crippen molar-refractivity contribution in [1.82, 2.24) is 10.2 Å². The summed E-state index contributed by atoms with van der Waals surface area (Å²) < 4.78 is 5.29. The molecule has 1 atom stereocenters. The summed E-state index contributed by atoms with van der Waals surface area (Å²) in [5.41, 5.74) is 0. The number of piperidine rings is 1. The Labute approximate surface area is 96.5 Å². The summed E-state index contributed by atoms with van der Waals surface area (Å²) in [6.07, 6.45) is 2.30. The largest absolute Gasteiger partial charge is 0.388 e. The van der Waals surface area contributed by atoms with Gasteiger partial charge in [-0.2, -0.15) is 0 Å². The lowest BCUT2D eigenvalue weighted by Gasteiger charge is -2.30. The van der Waals surface area contributed by atoms with Crippen LogP contribution in [0.2, 0.25) is 0 Å². The number of hydrogen-bond donors (Lipinski definition) is 2. The van der Waals surface area contributed by atoms with Crippen LogP contribution < -0.4 is 5.32 Å². The molecule has 5 nitrogen and oxygen atoms in total. The first-order chi connectivity index (χ1) is 7.90. The van der Waals surface area contributed by atoms with Crippen molar-refractivity contribution < 1.29 is 9.84 Å². The fourth-order valence-electron chi connectivity index (χ4n) is 2.20. The molecule has 2 saturated heterocycles. The van der Waals surface area contributed by atoms with Crippen LogP contribution in [0, 0.1) is 0 Å². The number of nitrogens with zero attached hydrogens (tertiary/aromatic N) is 2. The van der Waals surface area contributed by atoms with Crippen molar-refractivity contribution in [2.45, 2.75) is 18.9 Å². The Balaban J connectivity index is 1.93. The van der Waals surface area contributed by atoms with E-state index in [2.05, 4.69) is 15.2 Å². The summed E-state index contributed by atoms with van der Waals surface area (Å²) in [5.74, 6) is 0.831. The van der Waals surface area contributed by atoms with Crippen molar-refractivity contribution in [2.24, 2.45) is 4.99 Å². The predicted molar refractivity (Wildman–Crippen MR) is 62.8 cm³/mol. The summed E-state index contributed by atoms with van der Waals surface area (Å²) in [4.78, 5) is 6.79. The lowest BCUT2D eigenvalue weighted by Crippen LogP contribution is -2.43. The SMILES string of the molecule is OCC(=NC1CCCNC1)N1CCOCC1. The number of nitrogens with one attached hydrogen (secondary N) is 1. The van der Waals surface area contributed by atoms with E-state index in [0.717, 1.165) is 51.6 Å². The Morgan fingerprint density at radius 2 is 2.25 bits per heavy atom. The van der Waals surface area contributed by atoms with Gasteiger partial charge in [-0.1, -0.05) is 0 Å². The zero-order valence-electron chi connectivity index (χ0n) is 9.69. The van der Waals surface area contributed by atoms with Crippen LogP contribution in [-0.2, 0) is 4.74 Å². The number of aliphatic imine (C=N–C) groups is 1. The molecule has 0 aliphatic carbocycles. The van der Waals surface area contributed by atoms with Gasteiger partial charge < -0.3 is 20.1 Å². The van der Waals surface area contributed by atoms with E-state index in [1.807, 2.05) is 0 Å². The van der Waals surface area contributed by atoms with Crippen LogP contribution in [0.1, 0.15) is 12.8 Å². The minimum absolute atomic E-state index is 0.0382. The van der Waals surface area contributed by atoms with Gasteiger partial charge in [0.2, 0.25) is 0 Å². The van der Waals surface area contributed by atoms with Crippen molar-refractivity contribution in [3.63, 3.8) is 0 Å². The van der Waals surface area contributed by atoms with Gasteiger partial charge >= 0.3 is 0 Å². The molecule has 2 N–H and O–H groups in total. The van der Waals surface area contributed by atoms with E-state index >= 15 is 0 Å². The van der Waals surface area contributed by atoms with Gasteiger partial charge in [0.05, 0.1) is 19.3 Å². The second-order valence-electron chi connectivity index (χ2n) is 4.30. The Morgan fingerprint density at radius 3 is 2.88 bits per heavy atom. The molecule has 0 spiro atoms. The fourth-order valence-corrected chi connectivity index (χ4v) is 2.20. The molecule has 0 bridgehead atoms. The summed E-state index contributed by atoms with van der Waals surface area (Å²) in [6.45, 7) is 5.24. The van der Waals surface area contributed by atoms with Crippen molar-refractivity contribution >= 4 is 5.84 Å². The number of morpholine rings is 1. The highest BCUT2D eigenvalue weighted by Crippen LogP contribution is 2.08. The third kappa shape index (κ3) is 3.17. The molecule has 0 aromatic heterocycles. The van der Waals surface area contributed by atoms with Gasteiger partial charge in [0.1, 0.15) is 12.4 Å². The Bertz CT molecular complexity index is 233. The van der Waals surface area contributed by atoms with E-state index in [9.17, 15) is 5.11 Å². The van der Waals surface area contributed by atoms with Crippen LogP contribution >= 0.6 is 0 Å². The zero-order chi connectivity index (χ0) is 11.2. The summed E-state index contributed by atoms with van der Waals surface area (Å²) in [5, 5.41) is 12.7. The van der Waals surface area contributed by atoms with Crippen molar-refractivity contribution in [3.05, 3.63) is 0 Å². The first-order valence-corrected chi connectivity index (χ1v) is 6.11. The summed E-state index contributed by atoms with van der Waals surface area (Å²) in [7, 11) is 0. The van der Waals surface area contributed by atoms with Gasteiger partial charge in [0.25, 0.3) is 0 Å². The topological polar surface area (TPSA) is 57.1 Å². The zero-order valence-corrected chi connectivity index (χ0v) is 9.69. The number of aliphatic hydroxyl groups is 1. The van der Waals surface area contributed by atoms with E-state index in [1.54, 1.807) is 0 Å². The number of amidine groups is 1. The van der Waals surface area contributed by atoms with E-state index < -0.39 is 0 Å². The maximum Gasteiger partial charge on any atom is 0.125 e. The number of hydrogen-bond acceptors (Lipinski definition) is 4. The smallest absolute Gasteiger partial charge is 0.125 e. The van der Waals surface area contributed by atoms with Crippen LogP contribution in [0.3, 0.4) is 0 Å². The number of rotatable bonds is 2. The molecular formula is C11H21N3O2. The monoisotopic (exact) mass is 227 g/mol. The average molecular weight is 227 g/mol. The molecule has 0 aromatic carbocycles. The lowest BCUT2D eigenvalue weighted by molar-refractivity contribution is 0.0654. The Kier molecular flexibility index (Phi) is 4.56. The molecule has 1 unspecified atom stereocenters. The normalized spacial score (nSPS) is 28.2. The third-order valence-corrected chi connectivity index (χ3v) is 3.12. The highest BCUT2D eigenvalue weighted by atomic mass is 16.5. The van der Waals surface area contributed by atoms with Gasteiger partial charge in [-0.25, -0.2) is 0 Å². The van der Waals surface area contributed by atoms with Gasteiger partial charge in [-0.3, -0.25) is 4.99 Å². The van der Waals surface area contributed by atoms with E-state index in [-0.39, 0.29) is 6.61 Å². The van der Waals surface area contributed by atoms with Crippen LogP contribution in [-0.4, -0.2) is 67.9 Å². The number of aliphatic hydroxyl groups excluding tert-OH is 1. The van der Waals surface area contributed by atoms with Gasteiger partial charge in [0.15, 0.2) is 0 Å². The summed E-state index contributed by atoms with van der Waals surface area (Å²) >= 11 is 0. The first kappa shape index (κ1) is 11.8. The van der Waals surface area contributed by atoms with Crippen molar-refractivity contribution in [3.8, 4) is 0 Å². The molecule has 0 saturated carbocycles. The van der Waals surface area contributed by atoms with Crippen LogP contribution in [0.5, 0.6) is 0 Å². The average Bonchev–Trinajstić information content (AvgIpc) is 2.38. The molecule has 2 heterocycles. The highest BCUT2D eigenvalue weighted by molar-refractivity contribution is 5.83. The molecule has 5 heteroatoms. The van der Waals surface area contributed by atoms with Crippen molar-refractivity contribution in [2.75, 3.05) is 46.0 Å². The lowest BCUT2D eigenvalue weighted by atomic mass is 10.1. The van der Waals surface area contributed by atoms with Crippen molar-refractivity contribution in [1.29, 1.82) is 0 Å². The van der Waals surface area contributed by atoms with Gasteiger partial charge in [-0.05, 0) is 19.4 Å². The molecule has 16 heavy (non-hydrogen) atoms. The molecule has 0 amide bonds. The second kappa shape index (κ2) is 6.18. The molecule has 2 aliphatic heterocycles. The van der Waals surface area contributed by atoms with Crippen LogP contribution in [0.25, 0.3) is 0 Å². The quantitative estimate of drug-likeness (QED) is 0.491. The number of ether oxygens (including phenoxy) is 1. The predicted octanol–water partition coefficient (Wildman–Crippen LogP) is -0.539. The van der Waals surface area contributed by atoms with E-state index in [1.165, 1.54) is 6.42 Å². The fraction of sp³-hybridized carbons (Fsp3) is 0.909. The molecule has 92 valence electrons. The Hall–Kier alpha value is -0.650. The molecule has 0 aromatic rings. The second-order valence-corrected chi connectivity index (χ2v) is 4.30. The molecule has 2 rings (SSSR count). The molecular weight excluding hydrogens is 206 g/mol. The van der Waals surface area contributed by atoms with Crippen LogP contribution in [0.15, 0.2) is 4.99 Å². The molecule has 2 fully saturated rings. The minimum atomic E-state index is 0.0382. The standard InChI is InChI=1S/C11H21N3O2/c15-9-11(14-4-6-16-7-5-14)13-10-2-1-3-12-8-10/h10,12,15H,1-9H2. The maximum atomic E-state index is 9.38. The minimum Gasteiger partial charge on any atom is -0.388 e. The van der Waals surface area contributed by atoms with Crippen LogP contribution in [0.4, 0.5) is 0 Å². The molecule has 0 radical (unpaired) electrons. The van der Waals surface area contributed by atoms with E-state index in [0.29, 0.717) is 6.04 Å². The summed E-state index contributed by atoms with van der Waals surface area (Å²) in [6, 6.07) is 0.332. The molecule has 2 aliphatic rings. The van der Waals surface area contributed by atoms with E-state index in [4.69, 9.17) is 4.74 Å². The third-order valence-electron chi connectivity index (χ3n) is 3.12. The van der Waals surface area contributed by atoms with Gasteiger partial charge in [0, 0.05) is 19.6 Å². The highest BCUT2D eigenvalue weighted by Gasteiger charge is 2.17. The maximum absolute atomic E-state index is 9.38.